The molecule has 0 bridgehead atoms. The van der Waals surface area contributed by atoms with E-state index >= 15 is 0 Å². The molecule has 0 saturated heterocycles. The van der Waals surface area contributed by atoms with Crippen LogP contribution in [0.25, 0.3) is 0 Å². The molecule has 0 aliphatic heterocycles. The summed E-state index contributed by atoms with van der Waals surface area (Å²) in [7, 11) is 1.65. The molecule has 0 atom stereocenters. The standard InChI is InChI=1S/C23H21N5O2/c1-29-19-11-7-17(8-12-19)15-24-22-16-25-28-23(27-22)26-18-9-13-21(14-10-18)30-20-5-3-2-4-6-20/h2-14,16H,15H2,1H3,(H2,24,26,27,28). The maximum atomic E-state index is 5.80. The molecule has 0 aliphatic rings. The SMILES string of the molecule is COc1ccc(CNc2cnnc(Nc3ccc(Oc4ccccc4)cc3)n2)cc1. The number of rotatable bonds is 8. The van der Waals surface area contributed by atoms with Gasteiger partial charge in [0.15, 0.2) is 5.82 Å². The van der Waals surface area contributed by atoms with Gasteiger partial charge in [0.1, 0.15) is 17.2 Å². The third kappa shape index (κ3) is 5.23. The van der Waals surface area contributed by atoms with Crippen LogP contribution < -0.4 is 20.1 Å². The van der Waals surface area contributed by atoms with Crippen molar-refractivity contribution in [3.05, 3.63) is 90.6 Å². The number of ether oxygens (including phenoxy) is 2. The fourth-order valence-electron chi connectivity index (χ4n) is 2.74. The van der Waals surface area contributed by atoms with E-state index in [1.165, 1.54) is 0 Å². The molecule has 30 heavy (non-hydrogen) atoms. The number of methoxy groups -OCH3 is 1. The topological polar surface area (TPSA) is 81.2 Å². The molecule has 0 saturated carbocycles. The van der Waals surface area contributed by atoms with E-state index in [2.05, 4.69) is 25.8 Å². The van der Waals surface area contributed by atoms with Crippen molar-refractivity contribution in [1.82, 2.24) is 15.2 Å². The predicted octanol–water partition coefficient (Wildman–Crippen LogP) is 5.03. The highest BCUT2D eigenvalue weighted by atomic mass is 16.5. The fourth-order valence-corrected chi connectivity index (χ4v) is 2.74. The summed E-state index contributed by atoms with van der Waals surface area (Å²) in [4.78, 5) is 4.46. The number of aromatic nitrogens is 3. The number of nitrogens with one attached hydrogen (secondary N) is 2. The van der Waals surface area contributed by atoms with Crippen molar-refractivity contribution >= 4 is 17.5 Å². The molecule has 0 fully saturated rings. The second-order valence-electron chi connectivity index (χ2n) is 6.43. The summed E-state index contributed by atoms with van der Waals surface area (Å²) in [6, 6.07) is 25.1. The lowest BCUT2D eigenvalue weighted by atomic mass is 10.2. The van der Waals surface area contributed by atoms with E-state index in [0.29, 0.717) is 18.3 Å². The molecule has 1 aromatic heterocycles. The van der Waals surface area contributed by atoms with Gasteiger partial charge in [0.2, 0.25) is 5.95 Å². The van der Waals surface area contributed by atoms with Crippen molar-refractivity contribution in [3.8, 4) is 17.2 Å². The summed E-state index contributed by atoms with van der Waals surface area (Å²) < 4.78 is 11.0. The Kier molecular flexibility index (Phi) is 6.00. The highest BCUT2D eigenvalue weighted by Crippen LogP contribution is 2.23. The molecular weight excluding hydrogens is 378 g/mol. The molecule has 150 valence electrons. The molecule has 0 amide bonds. The Morgan fingerprint density at radius 1 is 0.800 bits per heavy atom. The van der Waals surface area contributed by atoms with Gasteiger partial charge in [0.05, 0.1) is 13.3 Å². The fraction of sp³-hybridized carbons (Fsp3) is 0.0870. The summed E-state index contributed by atoms with van der Waals surface area (Å²) in [5, 5.41) is 14.5. The van der Waals surface area contributed by atoms with Crippen LogP contribution in [-0.2, 0) is 6.54 Å². The minimum absolute atomic E-state index is 0.409. The first-order valence-corrected chi connectivity index (χ1v) is 9.45. The van der Waals surface area contributed by atoms with Crippen LogP contribution in [0.15, 0.2) is 85.1 Å². The highest BCUT2D eigenvalue weighted by molar-refractivity contribution is 5.55. The zero-order valence-electron chi connectivity index (χ0n) is 16.4. The smallest absolute Gasteiger partial charge is 0.249 e. The lowest BCUT2D eigenvalue weighted by Gasteiger charge is -2.09. The zero-order chi connectivity index (χ0) is 20.6. The molecule has 0 spiro atoms. The third-order valence-corrected chi connectivity index (χ3v) is 4.28. The summed E-state index contributed by atoms with van der Waals surface area (Å²) in [6.45, 7) is 0.619. The minimum atomic E-state index is 0.409. The largest absolute Gasteiger partial charge is 0.497 e. The van der Waals surface area contributed by atoms with Gasteiger partial charge in [-0.05, 0) is 54.1 Å². The van der Waals surface area contributed by atoms with E-state index in [1.54, 1.807) is 13.3 Å². The molecule has 0 unspecified atom stereocenters. The number of nitrogens with zero attached hydrogens (tertiary/aromatic N) is 3. The van der Waals surface area contributed by atoms with Gasteiger partial charge in [0.25, 0.3) is 0 Å². The van der Waals surface area contributed by atoms with E-state index in [0.717, 1.165) is 28.5 Å². The second-order valence-corrected chi connectivity index (χ2v) is 6.43. The van der Waals surface area contributed by atoms with Gasteiger partial charge in [-0.1, -0.05) is 30.3 Å². The van der Waals surface area contributed by atoms with Crippen LogP contribution >= 0.6 is 0 Å². The Balaban J connectivity index is 1.35. The molecule has 0 radical (unpaired) electrons. The first kappa shape index (κ1) is 19.2. The number of para-hydroxylation sites is 1. The van der Waals surface area contributed by atoms with Crippen molar-refractivity contribution in [1.29, 1.82) is 0 Å². The van der Waals surface area contributed by atoms with Crippen LogP contribution in [0.1, 0.15) is 5.56 Å². The average Bonchev–Trinajstić information content (AvgIpc) is 2.80. The van der Waals surface area contributed by atoms with Gasteiger partial charge < -0.3 is 20.1 Å². The predicted molar refractivity (Wildman–Crippen MR) is 116 cm³/mol. The lowest BCUT2D eigenvalue weighted by Crippen LogP contribution is -2.05. The molecule has 7 heteroatoms. The maximum absolute atomic E-state index is 5.80. The molecule has 0 aliphatic carbocycles. The van der Waals surface area contributed by atoms with E-state index in [4.69, 9.17) is 9.47 Å². The van der Waals surface area contributed by atoms with Crippen molar-refractivity contribution in [3.63, 3.8) is 0 Å². The van der Waals surface area contributed by atoms with Gasteiger partial charge in [-0.2, -0.15) is 10.1 Å². The molecule has 2 N–H and O–H groups in total. The zero-order valence-corrected chi connectivity index (χ0v) is 16.4. The van der Waals surface area contributed by atoms with Crippen LogP contribution in [0.4, 0.5) is 17.5 Å². The van der Waals surface area contributed by atoms with E-state index in [-0.39, 0.29) is 0 Å². The summed E-state index contributed by atoms with van der Waals surface area (Å²) in [6.07, 6.45) is 1.59. The number of hydrogen-bond acceptors (Lipinski definition) is 7. The number of benzene rings is 3. The van der Waals surface area contributed by atoms with Crippen LogP contribution in [0.5, 0.6) is 17.2 Å². The van der Waals surface area contributed by atoms with Crippen molar-refractivity contribution in [2.75, 3.05) is 17.7 Å². The van der Waals surface area contributed by atoms with Gasteiger partial charge in [-0.3, -0.25) is 0 Å². The Morgan fingerprint density at radius 3 is 2.23 bits per heavy atom. The molecule has 1 heterocycles. The maximum Gasteiger partial charge on any atom is 0.249 e. The summed E-state index contributed by atoms with van der Waals surface area (Å²) in [5.41, 5.74) is 1.95. The summed E-state index contributed by atoms with van der Waals surface area (Å²) in [5.74, 6) is 3.41. The molecule has 4 aromatic rings. The average molecular weight is 399 g/mol. The Bertz CT molecular complexity index is 1070. The van der Waals surface area contributed by atoms with Crippen LogP contribution in [0, 0.1) is 0 Å². The quantitative estimate of drug-likeness (QED) is 0.430. The first-order valence-electron chi connectivity index (χ1n) is 9.45. The molecule has 7 nitrogen and oxygen atoms in total. The molecular formula is C23H21N5O2. The Labute approximate surface area is 174 Å². The van der Waals surface area contributed by atoms with Crippen LogP contribution in [-0.4, -0.2) is 22.3 Å². The van der Waals surface area contributed by atoms with E-state index in [1.807, 2.05) is 78.9 Å². The van der Waals surface area contributed by atoms with Gasteiger partial charge >= 0.3 is 0 Å². The van der Waals surface area contributed by atoms with Crippen LogP contribution in [0.2, 0.25) is 0 Å². The monoisotopic (exact) mass is 399 g/mol. The third-order valence-electron chi connectivity index (χ3n) is 4.28. The Hall–Kier alpha value is -4.13. The van der Waals surface area contributed by atoms with Gasteiger partial charge in [0, 0.05) is 12.2 Å². The first-order chi connectivity index (χ1) is 14.8. The normalized spacial score (nSPS) is 10.3. The van der Waals surface area contributed by atoms with Gasteiger partial charge in [-0.15, -0.1) is 5.10 Å². The number of hydrogen-bond donors (Lipinski definition) is 2. The van der Waals surface area contributed by atoms with Crippen molar-refractivity contribution < 1.29 is 9.47 Å². The van der Waals surface area contributed by atoms with E-state index in [9.17, 15) is 0 Å². The van der Waals surface area contributed by atoms with E-state index < -0.39 is 0 Å². The van der Waals surface area contributed by atoms with Crippen molar-refractivity contribution in [2.45, 2.75) is 6.54 Å². The number of anilines is 3. The summed E-state index contributed by atoms with van der Waals surface area (Å²) >= 11 is 0. The van der Waals surface area contributed by atoms with Crippen LogP contribution in [0.3, 0.4) is 0 Å². The van der Waals surface area contributed by atoms with Crippen molar-refractivity contribution in [2.24, 2.45) is 0 Å². The lowest BCUT2D eigenvalue weighted by molar-refractivity contribution is 0.414. The highest BCUT2D eigenvalue weighted by Gasteiger charge is 2.03. The second kappa shape index (κ2) is 9.38. The molecule has 4 rings (SSSR count). The minimum Gasteiger partial charge on any atom is -0.497 e. The molecule has 3 aromatic carbocycles. The van der Waals surface area contributed by atoms with Gasteiger partial charge in [-0.25, -0.2) is 0 Å². The Morgan fingerprint density at radius 2 is 1.50 bits per heavy atom.